The predicted molar refractivity (Wildman–Crippen MR) is 114 cm³/mol. The number of carbonyl (C=O) groups excluding carboxylic acids is 3. The van der Waals surface area contributed by atoms with Crippen molar-refractivity contribution in [2.45, 2.75) is 63.5 Å². The number of nitrogens with two attached hydrogens (primary N) is 1. The number of nitrogens with zero attached hydrogens (tertiary/aromatic N) is 1. The molecule has 3 atom stereocenters. The zero-order chi connectivity index (χ0) is 22.7. The highest BCUT2D eigenvalue weighted by molar-refractivity contribution is 5.97. The maximum atomic E-state index is 12.8. The van der Waals surface area contributed by atoms with Crippen LogP contribution in [0.25, 0.3) is 0 Å². The van der Waals surface area contributed by atoms with E-state index in [2.05, 4.69) is 5.32 Å². The van der Waals surface area contributed by atoms with Crippen LogP contribution in [0, 0.1) is 0 Å². The Morgan fingerprint density at radius 1 is 1.37 bits per heavy atom. The van der Waals surface area contributed by atoms with Crippen molar-refractivity contribution < 1.29 is 24.2 Å². The highest BCUT2D eigenvalue weighted by Crippen LogP contribution is 2.51. The average molecular weight is 420 g/mol. The molecule has 1 aromatic carbocycles. The molecule has 166 valence electrons. The number of likely N-dealkylation sites (N-methyl/N-ethyl adjacent to an activating group) is 1. The molecule has 4 N–H and O–H groups in total. The molecule has 0 aliphatic carbocycles. The number of nitrogens with one attached hydrogen (secondary N) is 1. The van der Waals surface area contributed by atoms with Gasteiger partial charge in [-0.2, -0.15) is 0 Å². The van der Waals surface area contributed by atoms with E-state index in [1.165, 1.54) is 14.0 Å². The van der Waals surface area contributed by atoms with E-state index in [4.69, 9.17) is 10.5 Å². The summed E-state index contributed by atoms with van der Waals surface area (Å²) >= 11 is 0. The van der Waals surface area contributed by atoms with E-state index in [1.54, 1.807) is 18.2 Å². The van der Waals surface area contributed by atoms with E-state index < -0.39 is 23.0 Å². The molecule has 0 spiro atoms. The Labute approximate surface area is 177 Å². The Morgan fingerprint density at radius 3 is 2.57 bits per heavy atom. The number of hydrogen-bond acceptors (Lipinski definition) is 6. The molecule has 30 heavy (non-hydrogen) atoms. The highest BCUT2D eigenvalue weighted by Gasteiger charge is 2.59. The standard InChI is InChI=1S/C22H33N3O5/c1-6-9-22(29)15(3)25(4)11-10-21(22,13-19(27)24-20(23)28)18-12-16(30-5)7-8-17(18)14(2)26/h7-8,12,15,29H,6,9-11,13H2,1-5H3,(H3,23,24,27,28). The summed E-state index contributed by atoms with van der Waals surface area (Å²) in [4.78, 5) is 38.7. The number of ketones is 1. The third-order valence-electron chi connectivity index (χ3n) is 6.55. The first-order valence-electron chi connectivity index (χ1n) is 10.2. The molecule has 1 fully saturated rings. The van der Waals surface area contributed by atoms with Crippen molar-refractivity contribution in [1.29, 1.82) is 0 Å². The first kappa shape index (κ1) is 23.8. The van der Waals surface area contributed by atoms with Crippen molar-refractivity contribution in [2.75, 3.05) is 20.7 Å². The Balaban J connectivity index is 2.82. The lowest BCUT2D eigenvalue weighted by Crippen LogP contribution is -2.68. The fourth-order valence-electron chi connectivity index (χ4n) is 4.88. The summed E-state index contributed by atoms with van der Waals surface area (Å²) in [6.07, 6.45) is 1.33. The van der Waals surface area contributed by atoms with E-state index in [0.29, 0.717) is 42.7 Å². The number of benzene rings is 1. The Kier molecular flexibility index (Phi) is 7.26. The second-order valence-electron chi connectivity index (χ2n) is 8.22. The van der Waals surface area contributed by atoms with Crippen LogP contribution in [0.15, 0.2) is 18.2 Å². The molecule has 0 radical (unpaired) electrons. The van der Waals surface area contributed by atoms with Crippen LogP contribution in [0.5, 0.6) is 5.75 Å². The van der Waals surface area contributed by atoms with Gasteiger partial charge >= 0.3 is 6.03 Å². The number of ether oxygens (including phenoxy) is 1. The molecule has 8 nitrogen and oxygen atoms in total. The van der Waals surface area contributed by atoms with E-state index >= 15 is 0 Å². The molecule has 1 saturated heterocycles. The molecule has 1 aromatic rings. The topological polar surface area (TPSA) is 122 Å². The van der Waals surface area contributed by atoms with Gasteiger partial charge in [-0.25, -0.2) is 4.79 Å². The third-order valence-corrected chi connectivity index (χ3v) is 6.55. The van der Waals surface area contributed by atoms with Crippen LogP contribution in [0.2, 0.25) is 0 Å². The first-order chi connectivity index (χ1) is 14.0. The van der Waals surface area contributed by atoms with Crippen LogP contribution in [-0.4, -0.2) is 60.1 Å². The third kappa shape index (κ3) is 4.20. The van der Waals surface area contributed by atoms with Gasteiger partial charge < -0.3 is 20.5 Å². The maximum absolute atomic E-state index is 12.8. The Hall–Kier alpha value is -2.45. The molecule has 2 rings (SSSR count). The number of Topliss-reactive ketones (excluding diaryl/α,β-unsaturated/α-hetero) is 1. The summed E-state index contributed by atoms with van der Waals surface area (Å²) in [7, 11) is 3.45. The first-order valence-corrected chi connectivity index (χ1v) is 10.2. The number of imide groups is 1. The zero-order valence-corrected chi connectivity index (χ0v) is 18.4. The van der Waals surface area contributed by atoms with Crippen LogP contribution in [0.1, 0.15) is 62.4 Å². The quantitative estimate of drug-likeness (QED) is 0.581. The van der Waals surface area contributed by atoms with Gasteiger partial charge in [-0.05, 0) is 64.0 Å². The molecule has 0 aromatic heterocycles. The van der Waals surface area contributed by atoms with Gasteiger partial charge in [-0.15, -0.1) is 0 Å². The molecule has 1 aliphatic rings. The van der Waals surface area contributed by atoms with Crippen molar-refractivity contribution in [3.63, 3.8) is 0 Å². The summed E-state index contributed by atoms with van der Waals surface area (Å²) in [6, 6.07) is 3.84. The number of methoxy groups -OCH3 is 1. The summed E-state index contributed by atoms with van der Waals surface area (Å²) in [5.41, 5.74) is 3.71. The fraction of sp³-hybridized carbons (Fsp3) is 0.591. The monoisotopic (exact) mass is 419 g/mol. The summed E-state index contributed by atoms with van der Waals surface area (Å²) in [5, 5.41) is 14.3. The number of rotatable bonds is 7. The molecular formula is C22H33N3O5. The van der Waals surface area contributed by atoms with Crippen LogP contribution in [0.4, 0.5) is 4.79 Å². The Morgan fingerprint density at radius 2 is 2.03 bits per heavy atom. The lowest BCUT2D eigenvalue weighted by molar-refractivity contribution is -0.147. The lowest BCUT2D eigenvalue weighted by Gasteiger charge is -2.57. The molecule has 1 aliphatic heterocycles. The van der Waals surface area contributed by atoms with E-state index in [1.807, 2.05) is 25.8 Å². The second kappa shape index (κ2) is 9.14. The number of aliphatic hydroxyl groups is 1. The second-order valence-corrected chi connectivity index (χ2v) is 8.22. The van der Waals surface area contributed by atoms with Crippen molar-refractivity contribution in [1.82, 2.24) is 10.2 Å². The number of carbonyl (C=O) groups is 3. The minimum absolute atomic E-state index is 0.173. The molecule has 0 bridgehead atoms. The van der Waals surface area contributed by atoms with E-state index in [0.717, 1.165) is 0 Å². The summed E-state index contributed by atoms with van der Waals surface area (Å²) in [6.45, 7) is 5.94. The minimum atomic E-state index is -1.33. The van der Waals surface area contributed by atoms with Crippen molar-refractivity contribution in [2.24, 2.45) is 5.73 Å². The average Bonchev–Trinajstić information content (AvgIpc) is 2.68. The number of piperidine rings is 1. The summed E-state index contributed by atoms with van der Waals surface area (Å²) < 4.78 is 5.39. The summed E-state index contributed by atoms with van der Waals surface area (Å²) in [5.74, 6) is -0.242. The van der Waals surface area contributed by atoms with Gasteiger partial charge in [0.05, 0.1) is 12.7 Å². The van der Waals surface area contributed by atoms with Crippen LogP contribution >= 0.6 is 0 Å². The smallest absolute Gasteiger partial charge is 0.318 e. The van der Waals surface area contributed by atoms with Crippen LogP contribution in [0.3, 0.4) is 0 Å². The Bertz CT molecular complexity index is 827. The van der Waals surface area contributed by atoms with Gasteiger partial charge in [0.25, 0.3) is 0 Å². The molecular weight excluding hydrogens is 386 g/mol. The van der Waals surface area contributed by atoms with Gasteiger partial charge in [0.15, 0.2) is 5.78 Å². The minimum Gasteiger partial charge on any atom is -0.497 e. The molecule has 3 unspecified atom stereocenters. The molecule has 0 saturated carbocycles. The number of urea groups is 1. The van der Waals surface area contributed by atoms with Gasteiger partial charge in [0, 0.05) is 23.4 Å². The lowest BCUT2D eigenvalue weighted by atomic mass is 9.56. The fourth-order valence-corrected chi connectivity index (χ4v) is 4.88. The van der Waals surface area contributed by atoms with Gasteiger partial charge in [-0.1, -0.05) is 13.3 Å². The van der Waals surface area contributed by atoms with Crippen LogP contribution < -0.4 is 15.8 Å². The van der Waals surface area contributed by atoms with Crippen LogP contribution in [-0.2, 0) is 10.2 Å². The van der Waals surface area contributed by atoms with Crippen molar-refractivity contribution in [3.05, 3.63) is 29.3 Å². The highest BCUT2D eigenvalue weighted by atomic mass is 16.5. The SMILES string of the molecule is CCCC1(O)C(C)N(C)CCC1(CC(=O)NC(N)=O)c1cc(OC)ccc1C(C)=O. The van der Waals surface area contributed by atoms with Gasteiger partial charge in [-0.3, -0.25) is 14.9 Å². The van der Waals surface area contributed by atoms with E-state index in [9.17, 15) is 19.5 Å². The zero-order valence-electron chi connectivity index (χ0n) is 18.4. The maximum Gasteiger partial charge on any atom is 0.318 e. The predicted octanol–water partition coefficient (Wildman–Crippen LogP) is 1.98. The van der Waals surface area contributed by atoms with Gasteiger partial charge in [0.2, 0.25) is 5.91 Å². The van der Waals surface area contributed by atoms with Gasteiger partial charge in [0.1, 0.15) is 5.75 Å². The number of likely N-dealkylation sites (tertiary alicyclic amines) is 1. The molecule has 3 amide bonds. The van der Waals surface area contributed by atoms with E-state index in [-0.39, 0.29) is 18.2 Å². The number of hydrogen-bond donors (Lipinski definition) is 3. The van der Waals surface area contributed by atoms with Crippen molar-refractivity contribution >= 4 is 17.7 Å². The largest absolute Gasteiger partial charge is 0.497 e. The molecule has 8 heteroatoms. The van der Waals surface area contributed by atoms with Crippen molar-refractivity contribution in [3.8, 4) is 5.75 Å². The normalized spacial score (nSPS) is 26.8. The molecule has 1 heterocycles. The number of primary amides is 1. The number of amides is 3.